The highest BCUT2D eigenvalue weighted by Crippen LogP contribution is 2.09. The second-order valence-electron chi connectivity index (χ2n) is 4.05. The Morgan fingerprint density at radius 3 is 2.65 bits per heavy atom. The van der Waals surface area contributed by atoms with Gasteiger partial charge < -0.3 is 24.8 Å². The van der Waals surface area contributed by atoms with Gasteiger partial charge in [-0.3, -0.25) is 4.79 Å². The summed E-state index contributed by atoms with van der Waals surface area (Å²) in [5.74, 6) is -1.20. The van der Waals surface area contributed by atoms with Crippen LogP contribution in [0.25, 0.3) is 0 Å². The lowest BCUT2D eigenvalue weighted by Crippen LogP contribution is -2.55. The number of rotatable bonds is 2. The van der Waals surface area contributed by atoms with E-state index in [1.807, 2.05) is 0 Å². The van der Waals surface area contributed by atoms with E-state index in [0.29, 0.717) is 19.7 Å². The Morgan fingerprint density at radius 1 is 1.24 bits per heavy atom. The summed E-state index contributed by atoms with van der Waals surface area (Å²) < 4.78 is 10.4. The number of amides is 1. The molecule has 2 rings (SSSR count). The van der Waals surface area contributed by atoms with Crippen LogP contribution in [0.15, 0.2) is 0 Å². The third-order valence-corrected chi connectivity index (χ3v) is 2.86. The minimum atomic E-state index is -1.04. The van der Waals surface area contributed by atoms with Gasteiger partial charge in [0.05, 0.1) is 19.8 Å². The number of hydrogen-bond acceptors (Lipinski definition) is 5. The number of nitrogens with one attached hydrogen (secondary N) is 1. The van der Waals surface area contributed by atoms with Crippen molar-refractivity contribution in [1.82, 2.24) is 10.2 Å². The van der Waals surface area contributed by atoms with E-state index in [4.69, 9.17) is 14.6 Å². The first kappa shape index (κ1) is 12.3. The predicted octanol–water partition coefficient (Wildman–Crippen LogP) is -1.71. The number of aliphatic carboxylic acids is 1. The summed E-state index contributed by atoms with van der Waals surface area (Å²) >= 11 is 0. The maximum Gasteiger partial charge on any atom is 0.334 e. The Kier molecular flexibility index (Phi) is 3.93. The van der Waals surface area contributed by atoms with Crippen molar-refractivity contribution >= 4 is 11.9 Å². The molecule has 0 spiro atoms. The summed E-state index contributed by atoms with van der Waals surface area (Å²) in [6.45, 7) is 2.49. The van der Waals surface area contributed by atoms with Crippen LogP contribution in [0.1, 0.15) is 0 Å². The van der Waals surface area contributed by atoms with Gasteiger partial charge in [-0.15, -0.1) is 0 Å². The Balaban J connectivity index is 1.91. The van der Waals surface area contributed by atoms with Crippen LogP contribution in [0.2, 0.25) is 0 Å². The lowest BCUT2D eigenvalue weighted by molar-refractivity contribution is -0.163. The minimum Gasteiger partial charge on any atom is -0.479 e. The second-order valence-corrected chi connectivity index (χ2v) is 4.05. The number of carboxylic acid groups (broad SMARTS) is 1. The topological polar surface area (TPSA) is 88.1 Å². The molecule has 2 fully saturated rings. The summed E-state index contributed by atoms with van der Waals surface area (Å²) in [6, 6.07) is 0. The molecule has 0 saturated carbocycles. The van der Waals surface area contributed by atoms with Gasteiger partial charge in [-0.2, -0.15) is 0 Å². The summed E-state index contributed by atoms with van der Waals surface area (Å²) in [5, 5.41) is 11.9. The molecule has 2 aliphatic heterocycles. The number of carbonyl (C=O) groups excluding carboxylic acids is 1. The van der Waals surface area contributed by atoms with Crippen LogP contribution in [0.3, 0.4) is 0 Å². The zero-order chi connectivity index (χ0) is 12.3. The number of carboxylic acids is 1. The molecule has 0 bridgehead atoms. The fraction of sp³-hybridized carbons (Fsp3) is 0.800. The summed E-state index contributed by atoms with van der Waals surface area (Å²) in [4.78, 5) is 24.3. The molecule has 96 valence electrons. The van der Waals surface area contributed by atoms with Crippen LogP contribution < -0.4 is 5.32 Å². The van der Waals surface area contributed by atoms with Crippen molar-refractivity contribution < 1.29 is 24.2 Å². The van der Waals surface area contributed by atoms with Gasteiger partial charge in [0.2, 0.25) is 0 Å². The highest BCUT2D eigenvalue weighted by molar-refractivity contribution is 5.82. The van der Waals surface area contributed by atoms with E-state index in [-0.39, 0.29) is 19.1 Å². The smallest absolute Gasteiger partial charge is 0.334 e. The quantitative estimate of drug-likeness (QED) is 0.601. The molecule has 7 nitrogen and oxygen atoms in total. The van der Waals surface area contributed by atoms with Crippen LogP contribution in [-0.2, 0) is 19.1 Å². The number of hydrogen-bond donors (Lipinski definition) is 2. The van der Waals surface area contributed by atoms with Crippen molar-refractivity contribution in [3.63, 3.8) is 0 Å². The Labute approximate surface area is 98.7 Å². The van der Waals surface area contributed by atoms with Crippen LogP contribution in [0.5, 0.6) is 0 Å². The first-order chi connectivity index (χ1) is 8.18. The molecule has 7 heteroatoms. The highest BCUT2D eigenvalue weighted by atomic mass is 16.5. The first-order valence-corrected chi connectivity index (χ1v) is 5.64. The lowest BCUT2D eigenvalue weighted by Gasteiger charge is -2.34. The van der Waals surface area contributed by atoms with E-state index in [9.17, 15) is 9.59 Å². The SMILES string of the molecule is O=C(O)C1CN(C(=O)C2CNCCO2)CCO1. The molecule has 2 saturated heterocycles. The molecule has 2 heterocycles. The molecule has 2 unspecified atom stereocenters. The van der Waals surface area contributed by atoms with Gasteiger partial charge in [0.15, 0.2) is 6.10 Å². The number of carbonyl (C=O) groups is 2. The Hall–Kier alpha value is -1.18. The van der Waals surface area contributed by atoms with Gasteiger partial charge in [0, 0.05) is 19.6 Å². The van der Waals surface area contributed by atoms with E-state index >= 15 is 0 Å². The van der Waals surface area contributed by atoms with Crippen molar-refractivity contribution in [2.45, 2.75) is 12.2 Å². The summed E-state index contributed by atoms with van der Waals surface area (Å²) in [6.07, 6.45) is -1.43. The lowest BCUT2D eigenvalue weighted by atomic mass is 10.2. The highest BCUT2D eigenvalue weighted by Gasteiger charge is 2.33. The third kappa shape index (κ3) is 2.93. The molecule has 0 aromatic carbocycles. The minimum absolute atomic E-state index is 0.0913. The van der Waals surface area contributed by atoms with E-state index in [1.165, 1.54) is 4.90 Å². The standard InChI is InChI=1S/C10H16N2O5/c13-9(7-5-11-1-3-16-7)12-2-4-17-8(6-12)10(14)15/h7-8,11H,1-6H2,(H,14,15). The van der Waals surface area contributed by atoms with Gasteiger partial charge in [-0.25, -0.2) is 4.79 Å². The Bertz CT molecular complexity index is 303. The van der Waals surface area contributed by atoms with Gasteiger partial charge in [-0.05, 0) is 0 Å². The van der Waals surface area contributed by atoms with E-state index in [2.05, 4.69) is 5.32 Å². The zero-order valence-electron chi connectivity index (χ0n) is 9.42. The molecule has 0 aromatic heterocycles. The molecule has 17 heavy (non-hydrogen) atoms. The van der Waals surface area contributed by atoms with Crippen molar-refractivity contribution in [2.75, 3.05) is 39.4 Å². The van der Waals surface area contributed by atoms with Gasteiger partial charge in [0.1, 0.15) is 6.10 Å². The van der Waals surface area contributed by atoms with Gasteiger partial charge in [0.25, 0.3) is 5.91 Å². The molecule has 2 aliphatic rings. The fourth-order valence-corrected chi connectivity index (χ4v) is 1.93. The third-order valence-electron chi connectivity index (χ3n) is 2.86. The van der Waals surface area contributed by atoms with Crippen molar-refractivity contribution in [3.05, 3.63) is 0 Å². The largest absolute Gasteiger partial charge is 0.479 e. The van der Waals surface area contributed by atoms with Crippen molar-refractivity contribution in [2.24, 2.45) is 0 Å². The number of morpholine rings is 2. The van der Waals surface area contributed by atoms with E-state index in [1.54, 1.807) is 0 Å². The predicted molar refractivity (Wildman–Crippen MR) is 56.6 cm³/mol. The van der Waals surface area contributed by atoms with Gasteiger partial charge >= 0.3 is 5.97 Å². The normalized spacial score (nSPS) is 30.0. The summed E-state index contributed by atoms with van der Waals surface area (Å²) in [5.41, 5.74) is 0. The van der Waals surface area contributed by atoms with Crippen molar-refractivity contribution in [1.29, 1.82) is 0 Å². The Morgan fingerprint density at radius 2 is 2.00 bits per heavy atom. The number of nitrogens with zero attached hydrogens (tertiary/aromatic N) is 1. The van der Waals surface area contributed by atoms with Crippen molar-refractivity contribution in [3.8, 4) is 0 Å². The van der Waals surface area contributed by atoms with E-state index < -0.39 is 18.2 Å². The monoisotopic (exact) mass is 244 g/mol. The molecular formula is C10H16N2O5. The average Bonchev–Trinajstić information content (AvgIpc) is 2.39. The molecule has 2 atom stereocenters. The zero-order valence-corrected chi connectivity index (χ0v) is 9.42. The molecule has 0 radical (unpaired) electrons. The molecule has 0 aromatic rings. The molecule has 1 amide bonds. The average molecular weight is 244 g/mol. The molecular weight excluding hydrogens is 228 g/mol. The fourth-order valence-electron chi connectivity index (χ4n) is 1.93. The van der Waals surface area contributed by atoms with Crippen LogP contribution in [-0.4, -0.2) is 73.5 Å². The van der Waals surface area contributed by atoms with Crippen LogP contribution >= 0.6 is 0 Å². The molecule has 0 aliphatic carbocycles. The molecule has 2 N–H and O–H groups in total. The van der Waals surface area contributed by atoms with Crippen LogP contribution in [0, 0.1) is 0 Å². The van der Waals surface area contributed by atoms with E-state index in [0.717, 1.165) is 6.54 Å². The van der Waals surface area contributed by atoms with Gasteiger partial charge in [-0.1, -0.05) is 0 Å². The first-order valence-electron chi connectivity index (χ1n) is 5.64. The summed E-state index contributed by atoms with van der Waals surface area (Å²) in [7, 11) is 0. The second kappa shape index (κ2) is 5.44. The van der Waals surface area contributed by atoms with Crippen LogP contribution in [0.4, 0.5) is 0 Å². The maximum absolute atomic E-state index is 12.0. The maximum atomic E-state index is 12.0. The number of ether oxygens (including phenoxy) is 2.